The molecule has 0 saturated heterocycles. The Balaban J connectivity index is 2.07. The minimum Gasteiger partial charge on any atom is -0.508 e. The van der Waals surface area contributed by atoms with Gasteiger partial charge in [0.25, 0.3) is 11.8 Å². The zero-order valence-corrected chi connectivity index (χ0v) is 21.2. The summed E-state index contributed by atoms with van der Waals surface area (Å²) in [6.45, 7) is 9.19. The SMILES string of the molecule is CN(C(=O)C(C)(C)NC(=O)C(C)(C)NC(=O)C(C)(C)NC(=O)c1cccc(O)c1)c1ccccc1. The van der Waals surface area contributed by atoms with E-state index in [2.05, 4.69) is 16.0 Å². The number of phenols is 1. The lowest BCUT2D eigenvalue weighted by molar-refractivity contribution is -0.137. The van der Waals surface area contributed by atoms with E-state index in [0.29, 0.717) is 5.69 Å². The molecule has 9 heteroatoms. The van der Waals surface area contributed by atoms with Gasteiger partial charge in [-0.1, -0.05) is 24.3 Å². The Kier molecular flexibility index (Phi) is 7.95. The highest BCUT2D eigenvalue weighted by Gasteiger charge is 2.41. The van der Waals surface area contributed by atoms with Gasteiger partial charge in [-0.2, -0.15) is 0 Å². The van der Waals surface area contributed by atoms with Crippen LogP contribution in [-0.2, 0) is 14.4 Å². The van der Waals surface area contributed by atoms with Gasteiger partial charge >= 0.3 is 0 Å². The highest BCUT2D eigenvalue weighted by molar-refractivity contribution is 6.04. The summed E-state index contributed by atoms with van der Waals surface area (Å²) < 4.78 is 0. The molecule has 0 aliphatic carbocycles. The Hall–Kier alpha value is -3.88. The number of benzene rings is 2. The molecule has 2 rings (SSSR count). The van der Waals surface area contributed by atoms with E-state index >= 15 is 0 Å². The number of carbonyl (C=O) groups is 4. The van der Waals surface area contributed by atoms with Crippen molar-refractivity contribution in [1.29, 1.82) is 0 Å². The third kappa shape index (κ3) is 6.81. The van der Waals surface area contributed by atoms with Crippen LogP contribution in [0.25, 0.3) is 0 Å². The van der Waals surface area contributed by atoms with Crippen molar-refractivity contribution in [2.75, 3.05) is 11.9 Å². The second-order valence-corrected chi connectivity index (χ2v) is 9.99. The summed E-state index contributed by atoms with van der Waals surface area (Å²) in [6, 6.07) is 14.8. The van der Waals surface area contributed by atoms with Crippen LogP contribution in [0.3, 0.4) is 0 Å². The van der Waals surface area contributed by atoms with Crippen molar-refractivity contribution in [2.24, 2.45) is 0 Å². The van der Waals surface area contributed by atoms with Crippen LogP contribution in [0.15, 0.2) is 54.6 Å². The molecule has 0 aromatic heterocycles. The number of nitrogens with zero attached hydrogens (tertiary/aromatic N) is 1. The summed E-state index contributed by atoms with van der Waals surface area (Å²) in [4.78, 5) is 53.1. The summed E-state index contributed by atoms with van der Waals surface area (Å²) >= 11 is 0. The van der Waals surface area contributed by atoms with Crippen LogP contribution in [0.2, 0.25) is 0 Å². The molecule has 4 N–H and O–H groups in total. The lowest BCUT2D eigenvalue weighted by Crippen LogP contribution is -2.66. The van der Waals surface area contributed by atoms with Gasteiger partial charge in [0.05, 0.1) is 0 Å². The Labute approximate surface area is 205 Å². The first-order valence-corrected chi connectivity index (χ1v) is 11.2. The van der Waals surface area contributed by atoms with E-state index < -0.39 is 34.3 Å². The van der Waals surface area contributed by atoms with Crippen LogP contribution < -0.4 is 20.9 Å². The highest BCUT2D eigenvalue weighted by atomic mass is 16.3. The maximum absolute atomic E-state index is 13.1. The van der Waals surface area contributed by atoms with Gasteiger partial charge in [0.1, 0.15) is 22.4 Å². The van der Waals surface area contributed by atoms with Gasteiger partial charge in [-0.15, -0.1) is 0 Å². The number of nitrogens with one attached hydrogen (secondary N) is 3. The van der Waals surface area contributed by atoms with E-state index in [4.69, 9.17) is 0 Å². The molecule has 0 bridgehead atoms. The van der Waals surface area contributed by atoms with Gasteiger partial charge in [0.15, 0.2) is 0 Å². The number of para-hydroxylation sites is 1. The molecule has 9 nitrogen and oxygen atoms in total. The van der Waals surface area contributed by atoms with Crippen molar-refractivity contribution in [3.8, 4) is 5.75 Å². The number of rotatable bonds is 8. The summed E-state index contributed by atoms with van der Waals surface area (Å²) in [5.41, 5.74) is -3.17. The van der Waals surface area contributed by atoms with E-state index in [1.807, 2.05) is 18.2 Å². The van der Waals surface area contributed by atoms with E-state index in [9.17, 15) is 24.3 Å². The molecular formula is C26H34N4O5. The zero-order chi connectivity index (χ0) is 26.6. The fourth-order valence-corrected chi connectivity index (χ4v) is 3.24. The van der Waals surface area contributed by atoms with E-state index in [1.54, 1.807) is 33.0 Å². The minimum atomic E-state index is -1.40. The molecule has 0 aliphatic rings. The normalized spacial score (nSPS) is 11.9. The average molecular weight is 483 g/mol. The van der Waals surface area contributed by atoms with Crippen LogP contribution in [-0.4, -0.2) is 52.4 Å². The van der Waals surface area contributed by atoms with Gasteiger partial charge in [-0.05, 0) is 71.9 Å². The largest absolute Gasteiger partial charge is 0.508 e. The van der Waals surface area contributed by atoms with Gasteiger partial charge in [0, 0.05) is 18.3 Å². The maximum atomic E-state index is 13.1. The average Bonchev–Trinajstić information content (AvgIpc) is 2.77. The summed E-state index contributed by atoms with van der Waals surface area (Å²) in [6.07, 6.45) is 0. The molecule has 0 unspecified atom stereocenters. The van der Waals surface area contributed by atoms with Crippen molar-refractivity contribution >= 4 is 29.3 Å². The first-order chi connectivity index (χ1) is 16.1. The van der Waals surface area contributed by atoms with Gasteiger partial charge in [0.2, 0.25) is 11.8 Å². The Morgan fingerprint density at radius 3 is 1.77 bits per heavy atom. The summed E-state index contributed by atoms with van der Waals surface area (Å²) in [5, 5.41) is 17.6. The second-order valence-electron chi connectivity index (χ2n) is 9.99. The maximum Gasteiger partial charge on any atom is 0.252 e. The lowest BCUT2D eigenvalue weighted by atomic mass is 9.96. The quantitative estimate of drug-likeness (QED) is 0.459. The first-order valence-electron chi connectivity index (χ1n) is 11.2. The fraction of sp³-hybridized carbons (Fsp3) is 0.385. The zero-order valence-electron chi connectivity index (χ0n) is 21.2. The highest BCUT2D eigenvalue weighted by Crippen LogP contribution is 2.18. The van der Waals surface area contributed by atoms with Crippen molar-refractivity contribution in [3.63, 3.8) is 0 Å². The van der Waals surface area contributed by atoms with E-state index in [-0.39, 0.29) is 17.2 Å². The molecule has 2 aromatic carbocycles. The summed E-state index contributed by atoms with van der Waals surface area (Å²) in [5.74, 6) is -2.14. The molecule has 0 atom stereocenters. The number of phenolic OH excluding ortho intramolecular Hbond substituents is 1. The monoisotopic (exact) mass is 482 g/mol. The minimum absolute atomic E-state index is 0.0761. The van der Waals surface area contributed by atoms with Crippen LogP contribution in [0.5, 0.6) is 5.75 Å². The predicted molar refractivity (Wildman–Crippen MR) is 134 cm³/mol. The molecule has 0 heterocycles. The molecular weight excluding hydrogens is 448 g/mol. The van der Waals surface area contributed by atoms with E-state index in [0.717, 1.165) is 0 Å². The fourth-order valence-electron chi connectivity index (χ4n) is 3.24. The molecule has 0 spiro atoms. The lowest BCUT2D eigenvalue weighted by Gasteiger charge is -2.36. The summed E-state index contributed by atoms with van der Waals surface area (Å²) in [7, 11) is 1.62. The number of amides is 4. The van der Waals surface area contributed by atoms with Crippen LogP contribution in [0.4, 0.5) is 5.69 Å². The number of likely N-dealkylation sites (N-methyl/N-ethyl adjacent to an activating group) is 1. The van der Waals surface area contributed by atoms with Gasteiger partial charge in [-0.25, -0.2) is 0 Å². The number of aromatic hydroxyl groups is 1. The number of anilines is 1. The van der Waals surface area contributed by atoms with Gasteiger partial charge in [-0.3, -0.25) is 19.2 Å². The van der Waals surface area contributed by atoms with Crippen molar-refractivity contribution < 1.29 is 24.3 Å². The number of carbonyl (C=O) groups excluding carboxylic acids is 4. The number of hydrogen-bond donors (Lipinski definition) is 4. The van der Waals surface area contributed by atoms with Crippen LogP contribution in [0, 0.1) is 0 Å². The molecule has 4 amide bonds. The molecule has 0 radical (unpaired) electrons. The van der Waals surface area contributed by atoms with Crippen LogP contribution >= 0.6 is 0 Å². The smallest absolute Gasteiger partial charge is 0.252 e. The van der Waals surface area contributed by atoms with Crippen molar-refractivity contribution in [1.82, 2.24) is 16.0 Å². The molecule has 0 saturated carbocycles. The van der Waals surface area contributed by atoms with Crippen molar-refractivity contribution in [3.05, 3.63) is 60.2 Å². The second kappa shape index (κ2) is 10.2. The van der Waals surface area contributed by atoms with E-state index in [1.165, 1.54) is 56.9 Å². The molecule has 2 aromatic rings. The first kappa shape index (κ1) is 27.4. The van der Waals surface area contributed by atoms with Gasteiger partial charge < -0.3 is 26.0 Å². The Morgan fingerprint density at radius 2 is 1.23 bits per heavy atom. The third-order valence-corrected chi connectivity index (χ3v) is 5.50. The number of hydrogen-bond acceptors (Lipinski definition) is 5. The molecule has 188 valence electrons. The topological polar surface area (TPSA) is 128 Å². The molecule has 35 heavy (non-hydrogen) atoms. The van der Waals surface area contributed by atoms with Crippen molar-refractivity contribution in [2.45, 2.75) is 58.2 Å². The Morgan fingerprint density at radius 1 is 0.714 bits per heavy atom. The third-order valence-electron chi connectivity index (χ3n) is 5.50. The molecule has 0 aliphatic heterocycles. The standard InChI is InChI=1S/C26H34N4O5/c1-24(2,27-20(32)17-12-11-15-19(31)16-17)21(33)28-25(3,4)22(34)29-26(5,6)23(35)30(7)18-13-9-8-10-14-18/h8-16,31H,1-7H3,(H,27,32)(H,28,33)(H,29,34). The predicted octanol–water partition coefficient (Wildman–Crippen LogP) is 2.35. The molecule has 0 fully saturated rings. The van der Waals surface area contributed by atoms with Crippen LogP contribution in [0.1, 0.15) is 51.9 Å². The Bertz CT molecular complexity index is 1110.